The van der Waals surface area contributed by atoms with Crippen LogP contribution in [0.15, 0.2) is 47.4 Å². The molecule has 0 bridgehead atoms. The van der Waals surface area contributed by atoms with E-state index in [4.69, 9.17) is 5.73 Å². The molecule has 7 nitrogen and oxygen atoms in total. The van der Waals surface area contributed by atoms with Gasteiger partial charge in [-0.2, -0.15) is 26.3 Å². The third-order valence-corrected chi connectivity index (χ3v) is 8.87. The number of likely N-dealkylation sites (tertiary alicyclic amines) is 1. The van der Waals surface area contributed by atoms with Crippen molar-refractivity contribution in [3.8, 4) is 0 Å². The third kappa shape index (κ3) is 5.18. The summed E-state index contributed by atoms with van der Waals surface area (Å²) in [5.74, 6) is -1.16. The molecule has 1 fully saturated rings. The Morgan fingerprint density at radius 1 is 1.00 bits per heavy atom. The number of benzene rings is 2. The second-order valence-electron chi connectivity index (χ2n) is 9.59. The van der Waals surface area contributed by atoms with E-state index in [1.807, 2.05) is 0 Å². The van der Waals surface area contributed by atoms with Crippen molar-refractivity contribution in [1.29, 1.82) is 0 Å². The maximum absolute atomic E-state index is 13.7. The van der Waals surface area contributed by atoms with Crippen LogP contribution in [0.5, 0.6) is 0 Å². The van der Waals surface area contributed by atoms with E-state index in [-0.39, 0.29) is 43.1 Å². The number of halogens is 7. The van der Waals surface area contributed by atoms with Crippen molar-refractivity contribution >= 4 is 21.6 Å². The van der Waals surface area contributed by atoms with Crippen molar-refractivity contribution in [2.45, 2.75) is 60.6 Å². The van der Waals surface area contributed by atoms with Gasteiger partial charge in [0.2, 0.25) is 5.91 Å². The van der Waals surface area contributed by atoms with Gasteiger partial charge < -0.3 is 15.7 Å². The Labute approximate surface area is 219 Å². The number of hydrogen-bond donors (Lipinski definition) is 2. The van der Waals surface area contributed by atoms with E-state index in [0.717, 1.165) is 34.6 Å². The fraction of sp³-hybridized carbons (Fsp3) is 0.458. The molecule has 214 valence electrons. The SMILES string of the molecule is N[C@@H]1CCN(C(=O)C[C@@H]2CCc3cc(C(O)(C(F)(F)F)C(F)(F)F)ccc3N2S(=O)(=O)c2ccc(F)cc2)C1. The average molecular weight is 584 g/mol. The first-order valence-corrected chi connectivity index (χ1v) is 13.2. The largest absolute Gasteiger partial charge is 0.430 e. The van der Waals surface area contributed by atoms with Crippen molar-refractivity contribution in [2.75, 3.05) is 17.4 Å². The number of rotatable bonds is 5. The minimum Gasteiger partial charge on any atom is -0.369 e. The Morgan fingerprint density at radius 3 is 2.15 bits per heavy atom. The molecule has 0 radical (unpaired) electrons. The lowest BCUT2D eigenvalue weighted by Gasteiger charge is -2.39. The molecule has 39 heavy (non-hydrogen) atoms. The van der Waals surface area contributed by atoms with E-state index in [9.17, 15) is 49.1 Å². The monoisotopic (exact) mass is 583 g/mol. The molecule has 2 atom stereocenters. The first-order valence-electron chi connectivity index (χ1n) is 11.8. The molecule has 0 unspecified atom stereocenters. The van der Waals surface area contributed by atoms with Gasteiger partial charge in [0.15, 0.2) is 0 Å². The molecule has 1 amide bonds. The first-order chi connectivity index (χ1) is 18.0. The Morgan fingerprint density at radius 2 is 1.62 bits per heavy atom. The predicted molar refractivity (Wildman–Crippen MR) is 124 cm³/mol. The molecular formula is C24H24F7N3O4S. The minimum absolute atomic E-state index is 0.126. The number of amides is 1. The predicted octanol–water partition coefficient (Wildman–Crippen LogP) is 3.60. The third-order valence-electron chi connectivity index (χ3n) is 6.99. The van der Waals surface area contributed by atoms with Gasteiger partial charge in [-0.3, -0.25) is 9.10 Å². The van der Waals surface area contributed by atoms with Crippen LogP contribution in [-0.2, 0) is 26.8 Å². The molecule has 2 aliphatic rings. The average Bonchev–Trinajstić information content (AvgIpc) is 3.28. The van der Waals surface area contributed by atoms with Crippen molar-refractivity contribution < 1.29 is 49.1 Å². The summed E-state index contributed by atoms with van der Waals surface area (Å²) in [5.41, 5.74) is -1.35. The molecule has 1 saturated heterocycles. The molecule has 0 saturated carbocycles. The van der Waals surface area contributed by atoms with Gasteiger partial charge in [-0.05, 0) is 55.2 Å². The number of nitrogens with zero attached hydrogens (tertiary/aromatic N) is 2. The molecule has 2 aliphatic heterocycles. The number of aliphatic hydroxyl groups is 1. The van der Waals surface area contributed by atoms with Gasteiger partial charge in [-0.25, -0.2) is 12.8 Å². The lowest BCUT2D eigenvalue weighted by molar-refractivity contribution is -0.376. The number of alkyl halides is 6. The van der Waals surface area contributed by atoms with Gasteiger partial charge in [0, 0.05) is 31.1 Å². The summed E-state index contributed by atoms with van der Waals surface area (Å²) in [6.07, 6.45) is -12.3. The molecule has 3 N–H and O–H groups in total. The van der Waals surface area contributed by atoms with Crippen LogP contribution in [0.2, 0.25) is 0 Å². The summed E-state index contributed by atoms with van der Waals surface area (Å²) >= 11 is 0. The number of carbonyl (C=O) groups is 1. The summed E-state index contributed by atoms with van der Waals surface area (Å²) in [6.45, 7) is 0.606. The van der Waals surface area contributed by atoms with Crippen LogP contribution >= 0.6 is 0 Å². The highest BCUT2D eigenvalue weighted by molar-refractivity contribution is 7.92. The van der Waals surface area contributed by atoms with Crippen molar-refractivity contribution in [3.05, 3.63) is 59.4 Å². The zero-order valence-corrected chi connectivity index (χ0v) is 21.0. The lowest BCUT2D eigenvalue weighted by Crippen LogP contribution is -2.54. The normalized spacial score (nSPS) is 20.7. The Hall–Kier alpha value is -2.91. The Balaban J connectivity index is 1.80. The fourth-order valence-corrected chi connectivity index (χ4v) is 6.64. The Kier molecular flexibility index (Phi) is 7.40. The molecule has 0 aliphatic carbocycles. The summed E-state index contributed by atoms with van der Waals surface area (Å²) < 4.78 is 122. The number of carbonyl (C=O) groups excluding carboxylic acids is 1. The van der Waals surface area contributed by atoms with Gasteiger partial charge in [0.1, 0.15) is 5.82 Å². The van der Waals surface area contributed by atoms with Gasteiger partial charge in [0.05, 0.1) is 16.6 Å². The smallest absolute Gasteiger partial charge is 0.369 e. The number of fused-ring (bicyclic) bond motifs is 1. The van der Waals surface area contributed by atoms with Crippen LogP contribution < -0.4 is 10.0 Å². The summed E-state index contributed by atoms with van der Waals surface area (Å²) in [4.78, 5) is 14.0. The van der Waals surface area contributed by atoms with Crippen LogP contribution in [-0.4, -0.2) is 61.9 Å². The Bertz CT molecular complexity index is 1330. The van der Waals surface area contributed by atoms with Crippen LogP contribution in [0.4, 0.5) is 36.4 Å². The molecule has 2 aromatic rings. The molecule has 4 rings (SSSR count). The number of aryl methyl sites for hydroxylation is 1. The van der Waals surface area contributed by atoms with E-state index >= 15 is 0 Å². The summed E-state index contributed by atoms with van der Waals surface area (Å²) in [5, 5.41) is 9.82. The van der Waals surface area contributed by atoms with Crippen molar-refractivity contribution in [1.82, 2.24) is 4.90 Å². The van der Waals surface area contributed by atoms with Gasteiger partial charge in [-0.1, -0.05) is 12.1 Å². The topological polar surface area (TPSA) is 104 Å². The fourth-order valence-electron chi connectivity index (χ4n) is 4.93. The maximum Gasteiger partial charge on any atom is 0.430 e. The first kappa shape index (κ1) is 29.1. The molecule has 0 spiro atoms. The van der Waals surface area contributed by atoms with Gasteiger partial charge in [0.25, 0.3) is 15.6 Å². The quantitative estimate of drug-likeness (QED) is 0.524. The maximum atomic E-state index is 13.7. The van der Waals surface area contributed by atoms with E-state index < -0.39 is 56.2 Å². The van der Waals surface area contributed by atoms with E-state index in [1.54, 1.807) is 0 Å². The summed E-state index contributed by atoms with van der Waals surface area (Å²) in [6, 6.07) is 3.94. The highest BCUT2D eigenvalue weighted by Gasteiger charge is 2.71. The summed E-state index contributed by atoms with van der Waals surface area (Å²) in [7, 11) is -4.56. The van der Waals surface area contributed by atoms with Crippen LogP contribution in [0.3, 0.4) is 0 Å². The van der Waals surface area contributed by atoms with E-state index in [1.165, 1.54) is 4.90 Å². The second kappa shape index (κ2) is 9.93. The second-order valence-corrected chi connectivity index (χ2v) is 11.4. The number of hydrogen-bond acceptors (Lipinski definition) is 5. The minimum atomic E-state index is -6.13. The lowest BCUT2D eigenvalue weighted by atomic mass is 9.87. The highest BCUT2D eigenvalue weighted by atomic mass is 32.2. The number of sulfonamides is 1. The van der Waals surface area contributed by atoms with Gasteiger partial charge in [-0.15, -0.1) is 0 Å². The molecular weight excluding hydrogens is 559 g/mol. The van der Waals surface area contributed by atoms with Crippen LogP contribution in [0, 0.1) is 5.82 Å². The number of nitrogens with two attached hydrogens (primary N) is 1. The van der Waals surface area contributed by atoms with Crippen LogP contribution in [0.1, 0.15) is 30.4 Å². The zero-order chi connectivity index (χ0) is 29.0. The van der Waals surface area contributed by atoms with Gasteiger partial charge >= 0.3 is 12.4 Å². The molecule has 2 heterocycles. The molecule has 0 aromatic heterocycles. The van der Waals surface area contributed by atoms with E-state index in [0.29, 0.717) is 25.1 Å². The zero-order valence-electron chi connectivity index (χ0n) is 20.1. The standard InChI is InChI=1S/C24H24F7N3O4S/c25-16-3-6-19(7-4-16)39(37,38)34-18(12-21(35)33-10-9-17(32)13-33)5-1-14-11-15(2-8-20(14)34)22(36,23(26,27)28)24(29,30)31/h2-4,6-8,11,17-18,36H,1,5,9-10,12-13,32H2/t17-,18+/m1/s1. The van der Waals surface area contributed by atoms with Crippen molar-refractivity contribution in [3.63, 3.8) is 0 Å². The van der Waals surface area contributed by atoms with E-state index in [2.05, 4.69) is 0 Å². The van der Waals surface area contributed by atoms with Crippen molar-refractivity contribution in [2.24, 2.45) is 5.73 Å². The molecule has 2 aromatic carbocycles. The highest BCUT2D eigenvalue weighted by Crippen LogP contribution is 2.51. The van der Waals surface area contributed by atoms with Crippen LogP contribution in [0.25, 0.3) is 0 Å². The number of anilines is 1. The molecule has 15 heteroatoms.